The third-order valence-electron chi connectivity index (χ3n) is 3.64. The second-order valence-electron chi connectivity index (χ2n) is 5.24. The highest BCUT2D eigenvalue weighted by Gasteiger charge is 2.48. The van der Waals surface area contributed by atoms with E-state index >= 15 is 0 Å². The van der Waals surface area contributed by atoms with E-state index < -0.39 is 12.0 Å². The molecule has 0 amide bonds. The fraction of sp³-hybridized carbons (Fsp3) is 0.917. The minimum absolute atomic E-state index is 0.313. The van der Waals surface area contributed by atoms with Gasteiger partial charge in [-0.2, -0.15) is 18.3 Å². The maximum absolute atomic E-state index is 12.9. The fourth-order valence-corrected chi connectivity index (χ4v) is 2.54. The molecule has 21 heavy (non-hydrogen) atoms. The van der Waals surface area contributed by atoms with Gasteiger partial charge in [-0.1, -0.05) is 0 Å². The zero-order chi connectivity index (χ0) is 15.5. The van der Waals surface area contributed by atoms with Crippen LogP contribution in [0.2, 0.25) is 0 Å². The molecule has 2 aliphatic heterocycles. The molecule has 1 N–H and O–H groups in total. The highest BCUT2D eigenvalue weighted by Crippen LogP contribution is 2.29. The van der Waals surface area contributed by atoms with Gasteiger partial charge in [0.1, 0.15) is 6.17 Å². The van der Waals surface area contributed by atoms with Gasteiger partial charge in [-0.05, 0) is 20.0 Å². The summed E-state index contributed by atoms with van der Waals surface area (Å²) in [6, 6.07) is 0. The first kappa shape index (κ1) is 16.3. The van der Waals surface area contributed by atoms with E-state index in [9.17, 15) is 13.2 Å². The maximum atomic E-state index is 12.9. The molecule has 1 atom stereocenters. The van der Waals surface area contributed by atoms with Crippen LogP contribution in [0.25, 0.3) is 0 Å². The minimum atomic E-state index is -4.39. The van der Waals surface area contributed by atoms with Gasteiger partial charge in [0.25, 0.3) is 0 Å². The van der Waals surface area contributed by atoms with Crippen molar-refractivity contribution < 1.29 is 17.9 Å². The lowest BCUT2D eigenvalue weighted by Crippen LogP contribution is -2.58. The molecule has 0 aromatic heterocycles. The summed E-state index contributed by atoms with van der Waals surface area (Å²) < 4.78 is 44.2. The number of hydrogen-bond donors (Lipinski definition) is 1. The van der Waals surface area contributed by atoms with E-state index in [-0.39, 0.29) is 6.17 Å². The van der Waals surface area contributed by atoms with Crippen LogP contribution in [0, 0.1) is 0 Å². The van der Waals surface area contributed by atoms with Crippen molar-refractivity contribution in [1.82, 2.24) is 20.1 Å². The predicted octanol–water partition coefficient (Wildman–Crippen LogP) is 0.335. The molecule has 2 rings (SSSR count). The van der Waals surface area contributed by atoms with Crippen molar-refractivity contribution in [3.8, 4) is 0 Å². The summed E-state index contributed by atoms with van der Waals surface area (Å²) in [5, 5.41) is 8.05. The summed E-state index contributed by atoms with van der Waals surface area (Å²) in [6.45, 7) is 3.33. The number of amidine groups is 1. The molecular formula is C12H22F3N5O. The number of fused-ring (bicyclic) bond motifs is 1. The van der Waals surface area contributed by atoms with Crippen LogP contribution in [0.3, 0.4) is 0 Å². The molecule has 2 heterocycles. The Balaban J connectivity index is 1.80. The standard InChI is InChI=1S/C12H22F3N5O/c1-16-4-3-7-21-9-19-5-6-20-10(8-19)18(2)17-11(20)12(13,14)15/h10,16H,3-9H2,1-2H3. The molecule has 0 saturated carbocycles. The summed E-state index contributed by atoms with van der Waals surface area (Å²) in [5.41, 5.74) is 0. The van der Waals surface area contributed by atoms with Gasteiger partial charge in [0.2, 0.25) is 5.84 Å². The first-order chi connectivity index (χ1) is 9.93. The van der Waals surface area contributed by atoms with E-state index in [2.05, 4.69) is 10.4 Å². The molecule has 2 aliphatic rings. The maximum Gasteiger partial charge on any atom is 0.451 e. The SMILES string of the molecule is CNCCCOCN1CCN2C(C(F)(F)F)=NN(C)C2C1. The molecule has 1 unspecified atom stereocenters. The first-order valence-electron chi connectivity index (χ1n) is 7.03. The quantitative estimate of drug-likeness (QED) is 0.717. The number of nitrogens with one attached hydrogen (secondary N) is 1. The normalized spacial score (nSPS) is 23.5. The van der Waals surface area contributed by atoms with Crippen molar-refractivity contribution in [3.63, 3.8) is 0 Å². The summed E-state index contributed by atoms with van der Waals surface area (Å²) in [6.07, 6.45) is -3.84. The van der Waals surface area contributed by atoms with Crippen LogP contribution in [0.1, 0.15) is 6.42 Å². The van der Waals surface area contributed by atoms with E-state index in [0.29, 0.717) is 33.0 Å². The van der Waals surface area contributed by atoms with Gasteiger partial charge in [-0.3, -0.25) is 9.91 Å². The lowest BCUT2D eigenvalue weighted by Gasteiger charge is -2.40. The van der Waals surface area contributed by atoms with E-state index in [4.69, 9.17) is 4.74 Å². The topological polar surface area (TPSA) is 43.3 Å². The second kappa shape index (κ2) is 6.80. The Morgan fingerprint density at radius 2 is 2.14 bits per heavy atom. The number of hydrogen-bond acceptors (Lipinski definition) is 6. The van der Waals surface area contributed by atoms with Crippen LogP contribution in [-0.4, -0.2) is 86.6 Å². The van der Waals surface area contributed by atoms with Gasteiger partial charge in [0.15, 0.2) is 0 Å². The number of rotatable bonds is 6. The van der Waals surface area contributed by atoms with E-state index in [0.717, 1.165) is 13.0 Å². The van der Waals surface area contributed by atoms with Crippen LogP contribution < -0.4 is 5.32 Å². The van der Waals surface area contributed by atoms with Gasteiger partial charge in [-0.25, -0.2) is 0 Å². The summed E-state index contributed by atoms with van der Waals surface area (Å²) >= 11 is 0. The van der Waals surface area contributed by atoms with Crippen molar-refractivity contribution in [2.45, 2.75) is 18.8 Å². The smallest absolute Gasteiger partial charge is 0.366 e. The molecular weight excluding hydrogens is 287 g/mol. The monoisotopic (exact) mass is 309 g/mol. The third-order valence-corrected chi connectivity index (χ3v) is 3.64. The number of hydrazone groups is 1. The van der Waals surface area contributed by atoms with Gasteiger partial charge < -0.3 is 15.0 Å². The highest BCUT2D eigenvalue weighted by molar-refractivity contribution is 5.88. The van der Waals surface area contributed by atoms with Crippen molar-refractivity contribution in [1.29, 1.82) is 0 Å². The molecule has 0 radical (unpaired) electrons. The Hall–Kier alpha value is -1.06. The minimum Gasteiger partial charge on any atom is -0.366 e. The van der Waals surface area contributed by atoms with Crippen molar-refractivity contribution in [3.05, 3.63) is 0 Å². The molecule has 0 aromatic carbocycles. The zero-order valence-corrected chi connectivity index (χ0v) is 12.4. The fourth-order valence-electron chi connectivity index (χ4n) is 2.54. The summed E-state index contributed by atoms with van der Waals surface area (Å²) in [7, 11) is 3.46. The van der Waals surface area contributed by atoms with Crippen LogP contribution in [0.15, 0.2) is 5.10 Å². The van der Waals surface area contributed by atoms with E-state index in [1.54, 1.807) is 7.05 Å². The molecule has 6 nitrogen and oxygen atoms in total. The molecule has 0 bridgehead atoms. The van der Waals surface area contributed by atoms with Crippen LogP contribution in [0.5, 0.6) is 0 Å². The average Bonchev–Trinajstić information content (AvgIpc) is 2.76. The summed E-state index contributed by atoms with van der Waals surface area (Å²) in [4.78, 5) is 3.35. The predicted molar refractivity (Wildman–Crippen MR) is 72.7 cm³/mol. The number of piperazine rings is 1. The first-order valence-corrected chi connectivity index (χ1v) is 7.03. The number of nitrogens with zero attached hydrogens (tertiary/aromatic N) is 4. The molecule has 9 heteroatoms. The molecule has 1 saturated heterocycles. The lowest BCUT2D eigenvalue weighted by molar-refractivity contribution is -0.0753. The van der Waals surface area contributed by atoms with Crippen molar-refractivity contribution in [2.24, 2.45) is 5.10 Å². The van der Waals surface area contributed by atoms with Gasteiger partial charge in [0.05, 0.1) is 6.73 Å². The van der Waals surface area contributed by atoms with Crippen molar-refractivity contribution >= 4 is 5.84 Å². The van der Waals surface area contributed by atoms with Gasteiger partial charge >= 0.3 is 6.18 Å². The van der Waals surface area contributed by atoms with E-state index in [1.165, 1.54) is 9.91 Å². The third kappa shape index (κ3) is 3.98. The number of alkyl halides is 3. The zero-order valence-electron chi connectivity index (χ0n) is 12.4. The van der Waals surface area contributed by atoms with Crippen LogP contribution >= 0.6 is 0 Å². The number of ether oxygens (including phenoxy) is 1. The van der Waals surface area contributed by atoms with Gasteiger partial charge in [0, 0.05) is 33.3 Å². The Bertz CT molecular complexity index is 376. The summed E-state index contributed by atoms with van der Waals surface area (Å²) in [5.74, 6) is -0.787. The van der Waals surface area contributed by atoms with Crippen molar-refractivity contribution in [2.75, 3.05) is 53.6 Å². The Morgan fingerprint density at radius 3 is 2.81 bits per heavy atom. The molecule has 0 aliphatic carbocycles. The molecule has 1 fully saturated rings. The second-order valence-corrected chi connectivity index (χ2v) is 5.24. The van der Waals surface area contributed by atoms with Crippen LogP contribution in [-0.2, 0) is 4.74 Å². The average molecular weight is 309 g/mol. The lowest BCUT2D eigenvalue weighted by atomic mass is 10.2. The van der Waals surface area contributed by atoms with Crippen LogP contribution in [0.4, 0.5) is 13.2 Å². The Morgan fingerprint density at radius 1 is 1.38 bits per heavy atom. The highest BCUT2D eigenvalue weighted by atomic mass is 19.4. The Kier molecular flexibility index (Phi) is 5.28. The molecule has 122 valence electrons. The largest absolute Gasteiger partial charge is 0.451 e. The molecule has 0 aromatic rings. The number of likely N-dealkylation sites (N-methyl/N-ethyl adjacent to an activating group) is 1. The number of halogens is 3. The molecule has 0 spiro atoms. The Labute approximate surface area is 122 Å². The van der Waals surface area contributed by atoms with Gasteiger partial charge in [-0.15, -0.1) is 0 Å². The van der Waals surface area contributed by atoms with E-state index in [1.807, 2.05) is 11.9 Å².